The first-order valence-corrected chi connectivity index (χ1v) is 9.51. The van der Waals surface area contributed by atoms with E-state index in [9.17, 15) is 4.79 Å². The number of amides is 1. The Balaban J connectivity index is 1.69. The standard InChI is InChI=1S/C17H21ClN4OS/c1-12-6-7-14(9-15(12)18)22-11-19-20-17(22)24-10-16(23)21-8-4-3-5-13(21)2/h6-7,9,11,13H,3-5,8,10H2,1-2H3. The lowest BCUT2D eigenvalue weighted by Gasteiger charge is -2.33. The number of aromatic nitrogens is 3. The van der Waals surface area contributed by atoms with Gasteiger partial charge in [0.1, 0.15) is 6.33 Å². The Bertz CT molecular complexity index is 733. The summed E-state index contributed by atoms with van der Waals surface area (Å²) >= 11 is 7.62. The van der Waals surface area contributed by atoms with E-state index in [1.807, 2.05) is 34.6 Å². The van der Waals surface area contributed by atoms with Gasteiger partial charge in [-0.2, -0.15) is 0 Å². The van der Waals surface area contributed by atoms with Crippen molar-refractivity contribution < 1.29 is 4.79 Å². The van der Waals surface area contributed by atoms with Crippen molar-refractivity contribution in [1.29, 1.82) is 0 Å². The minimum Gasteiger partial charge on any atom is -0.339 e. The predicted molar refractivity (Wildman–Crippen MR) is 96.9 cm³/mol. The molecule has 1 aliphatic rings. The summed E-state index contributed by atoms with van der Waals surface area (Å²) < 4.78 is 1.86. The van der Waals surface area contributed by atoms with Gasteiger partial charge in [0, 0.05) is 17.6 Å². The molecule has 0 aliphatic carbocycles. The van der Waals surface area contributed by atoms with Gasteiger partial charge in [0.2, 0.25) is 5.91 Å². The van der Waals surface area contributed by atoms with Crippen molar-refractivity contribution in [3.05, 3.63) is 35.1 Å². The van der Waals surface area contributed by atoms with Gasteiger partial charge in [-0.05, 0) is 50.8 Å². The highest BCUT2D eigenvalue weighted by Gasteiger charge is 2.23. The van der Waals surface area contributed by atoms with E-state index in [4.69, 9.17) is 11.6 Å². The Morgan fingerprint density at radius 2 is 2.25 bits per heavy atom. The Hall–Kier alpha value is -1.53. The molecule has 1 fully saturated rings. The molecule has 0 radical (unpaired) electrons. The highest BCUT2D eigenvalue weighted by atomic mass is 35.5. The number of carbonyl (C=O) groups excluding carboxylic acids is 1. The normalized spacial score (nSPS) is 18.0. The summed E-state index contributed by atoms with van der Waals surface area (Å²) in [4.78, 5) is 14.5. The molecule has 2 heterocycles. The van der Waals surface area contributed by atoms with Gasteiger partial charge < -0.3 is 4.90 Å². The van der Waals surface area contributed by atoms with Crippen LogP contribution in [0.5, 0.6) is 0 Å². The van der Waals surface area contributed by atoms with Gasteiger partial charge in [-0.3, -0.25) is 9.36 Å². The molecule has 1 atom stereocenters. The molecule has 0 spiro atoms. The largest absolute Gasteiger partial charge is 0.339 e. The third-order valence-corrected chi connectivity index (χ3v) is 5.73. The molecule has 7 heteroatoms. The molecule has 0 saturated carbocycles. The molecule has 0 bridgehead atoms. The fourth-order valence-corrected chi connectivity index (χ4v) is 3.90. The Morgan fingerprint density at radius 3 is 3.00 bits per heavy atom. The maximum atomic E-state index is 12.5. The van der Waals surface area contributed by atoms with Gasteiger partial charge >= 0.3 is 0 Å². The van der Waals surface area contributed by atoms with Crippen molar-refractivity contribution in [1.82, 2.24) is 19.7 Å². The van der Waals surface area contributed by atoms with Gasteiger partial charge in [0.05, 0.1) is 11.4 Å². The Kier molecular flexibility index (Phi) is 5.46. The molecule has 2 aromatic rings. The highest BCUT2D eigenvalue weighted by Crippen LogP contribution is 2.25. The van der Waals surface area contributed by atoms with Crippen LogP contribution in [-0.4, -0.2) is 43.9 Å². The first-order valence-electron chi connectivity index (χ1n) is 8.15. The lowest BCUT2D eigenvalue weighted by atomic mass is 10.0. The molecular formula is C17H21ClN4OS. The maximum absolute atomic E-state index is 12.5. The number of hydrogen-bond donors (Lipinski definition) is 0. The first-order chi connectivity index (χ1) is 11.6. The molecule has 128 valence electrons. The summed E-state index contributed by atoms with van der Waals surface area (Å²) in [6.07, 6.45) is 5.05. The summed E-state index contributed by atoms with van der Waals surface area (Å²) in [6.45, 7) is 4.95. The smallest absolute Gasteiger partial charge is 0.233 e. The molecule has 24 heavy (non-hydrogen) atoms. The number of benzene rings is 1. The van der Waals surface area contributed by atoms with Crippen molar-refractivity contribution in [2.45, 2.75) is 44.3 Å². The molecule has 1 aromatic carbocycles. The minimum absolute atomic E-state index is 0.170. The van der Waals surface area contributed by atoms with Crippen LogP contribution in [0.25, 0.3) is 5.69 Å². The molecule has 5 nitrogen and oxygen atoms in total. The van der Waals surface area contributed by atoms with Gasteiger partial charge in [0.25, 0.3) is 0 Å². The number of rotatable bonds is 4. The molecule has 1 unspecified atom stereocenters. The van der Waals surface area contributed by atoms with Gasteiger partial charge in [-0.15, -0.1) is 10.2 Å². The zero-order valence-electron chi connectivity index (χ0n) is 13.9. The summed E-state index contributed by atoms with van der Waals surface area (Å²) in [5, 5.41) is 9.53. The number of hydrogen-bond acceptors (Lipinski definition) is 4. The molecular weight excluding hydrogens is 344 g/mol. The summed E-state index contributed by atoms with van der Waals surface area (Å²) in [6, 6.07) is 6.16. The van der Waals surface area contributed by atoms with E-state index in [0.29, 0.717) is 22.0 Å². The minimum atomic E-state index is 0.170. The topological polar surface area (TPSA) is 51.0 Å². The van der Waals surface area contributed by atoms with Crippen molar-refractivity contribution in [3.63, 3.8) is 0 Å². The molecule has 3 rings (SSSR count). The van der Waals surface area contributed by atoms with Crippen LogP contribution in [0.4, 0.5) is 0 Å². The number of thioether (sulfide) groups is 1. The molecule has 0 N–H and O–H groups in total. The maximum Gasteiger partial charge on any atom is 0.233 e. The fraction of sp³-hybridized carbons (Fsp3) is 0.471. The summed E-state index contributed by atoms with van der Waals surface area (Å²) in [7, 11) is 0. The van der Waals surface area contributed by atoms with Crippen LogP contribution in [-0.2, 0) is 4.79 Å². The zero-order chi connectivity index (χ0) is 17.1. The number of nitrogens with zero attached hydrogens (tertiary/aromatic N) is 4. The molecule has 1 aromatic heterocycles. The number of piperidine rings is 1. The zero-order valence-corrected chi connectivity index (χ0v) is 15.5. The van der Waals surface area contributed by atoms with Gasteiger partial charge in [-0.1, -0.05) is 29.4 Å². The number of likely N-dealkylation sites (tertiary alicyclic amines) is 1. The van der Waals surface area contributed by atoms with E-state index in [0.717, 1.165) is 30.6 Å². The lowest BCUT2D eigenvalue weighted by molar-refractivity contribution is -0.131. The van der Waals surface area contributed by atoms with Crippen molar-refractivity contribution in [2.75, 3.05) is 12.3 Å². The van der Waals surface area contributed by atoms with Crippen LogP contribution in [0, 0.1) is 6.92 Å². The van der Waals surface area contributed by atoms with Crippen LogP contribution in [0.3, 0.4) is 0 Å². The third kappa shape index (κ3) is 3.75. The second-order valence-corrected chi connectivity index (χ2v) is 7.49. The second kappa shape index (κ2) is 7.57. The molecule has 1 aliphatic heterocycles. The van der Waals surface area contributed by atoms with Crippen molar-refractivity contribution in [2.24, 2.45) is 0 Å². The van der Waals surface area contributed by atoms with Crippen LogP contribution in [0.2, 0.25) is 5.02 Å². The number of halogens is 1. The highest BCUT2D eigenvalue weighted by molar-refractivity contribution is 7.99. The monoisotopic (exact) mass is 364 g/mol. The SMILES string of the molecule is Cc1ccc(-n2cnnc2SCC(=O)N2CCCCC2C)cc1Cl. The van der Waals surface area contributed by atoms with Gasteiger partial charge in [0.15, 0.2) is 5.16 Å². The van der Waals surface area contributed by atoms with E-state index in [1.165, 1.54) is 18.2 Å². The van der Waals surface area contributed by atoms with E-state index in [2.05, 4.69) is 17.1 Å². The second-order valence-electron chi connectivity index (χ2n) is 6.14. The van der Waals surface area contributed by atoms with E-state index in [1.54, 1.807) is 6.33 Å². The number of carbonyl (C=O) groups is 1. The van der Waals surface area contributed by atoms with E-state index < -0.39 is 0 Å². The fourth-order valence-electron chi connectivity index (χ4n) is 2.91. The van der Waals surface area contributed by atoms with Crippen LogP contribution < -0.4 is 0 Å². The predicted octanol–water partition coefficient (Wildman–Crippen LogP) is 3.72. The van der Waals surface area contributed by atoms with E-state index >= 15 is 0 Å². The quantitative estimate of drug-likeness (QED) is 0.776. The van der Waals surface area contributed by atoms with Crippen LogP contribution in [0.1, 0.15) is 31.7 Å². The molecule has 1 amide bonds. The van der Waals surface area contributed by atoms with Crippen LogP contribution >= 0.6 is 23.4 Å². The van der Waals surface area contributed by atoms with Crippen molar-refractivity contribution in [3.8, 4) is 5.69 Å². The van der Waals surface area contributed by atoms with E-state index in [-0.39, 0.29) is 5.91 Å². The third-order valence-electron chi connectivity index (χ3n) is 4.40. The van der Waals surface area contributed by atoms with Crippen LogP contribution in [0.15, 0.2) is 29.7 Å². The Morgan fingerprint density at radius 1 is 1.42 bits per heavy atom. The first kappa shape index (κ1) is 17.3. The lowest BCUT2D eigenvalue weighted by Crippen LogP contribution is -2.42. The average molecular weight is 365 g/mol. The molecule has 1 saturated heterocycles. The summed E-state index contributed by atoms with van der Waals surface area (Å²) in [5.41, 5.74) is 1.92. The number of aryl methyl sites for hydroxylation is 1. The summed E-state index contributed by atoms with van der Waals surface area (Å²) in [5.74, 6) is 0.548. The Labute approximate surface area is 151 Å². The van der Waals surface area contributed by atoms with Crippen molar-refractivity contribution >= 4 is 29.3 Å². The average Bonchev–Trinajstić information content (AvgIpc) is 3.04. The van der Waals surface area contributed by atoms with Gasteiger partial charge in [-0.25, -0.2) is 0 Å².